The number of aromatic nitrogens is 2. The molecule has 2 unspecified atom stereocenters. The molecule has 7 nitrogen and oxygen atoms in total. The largest absolute Gasteiger partial charge is 0.472 e. The number of piperazine rings is 1. The smallest absolute Gasteiger partial charge is 0.178 e. The number of hydrogen-bond acceptors (Lipinski definition) is 8. The first-order chi connectivity index (χ1) is 13.5. The lowest BCUT2D eigenvalue weighted by Gasteiger charge is -2.39. The van der Waals surface area contributed by atoms with Gasteiger partial charge in [-0.1, -0.05) is 5.16 Å². The van der Waals surface area contributed by atoms with E-state index in [0.29, 0.717) is 0 Å². The van der Waals surface area contributed by atoms with Gasteiger partial charge in [0.2, 0.25) is 0 Å². The van der Waals surface area contributed by atoms with Crippen LogP contribution in [0, 0.1) is 13.8 Å². The molecule has 0 saturated carbocycles. The van der Waals surface area contributed by atoms with Gasteiger partial charge < -0.3 is 14.4 Å². The molecule has 2 aromatic heterocycles. The second-order valence-electron chi connectivity index (χ2n) is 7.35. The minimum atomic E-state index is -0.599. The Morgan fingerprint density at radius 2 is 2.00 bits per heavy atom. The summed E-state index contributed by atoms with van der Waals surface area (Å²) >= 11 is 1.67. The van der Waals surface area contributed by atoms with Crippen LogP contribution in [0.4, 0.5) is 0 Å². The highest BCUT2D eigenvalue weighted by molar-refractivity contribution is 7.18. The van der Waals surface area contributed by atoms with Crippen LogP contribution in [0.1, 0.15) is 23.4 Å². The van der Waals surface area contributed by atoms with Gasteiger partial charge in [-0.2, -0.15) is 0 Å². The lowest BCUT2D eigenvalue weighted by Crippen LogP contribution is -2.55. The summed E-state index contributed by atoms with van der Waals surface area (Å²) in [7, 11) is 0. The summed E-state index contributed by atoms with van der Waals surface area (Å²) in [5.41, 5.74) is 1.90. The molecule has 3 aromatic rings. The number of aryl methyl sites for hydroxylation is 2. The summed E-state index contributed by atoms with van der Waals surface area (Å²) in [5.74, 6) is 1.58. The number of nitrogens with zero attached hydrogens (tertiary/aromatic N) is 4. The maximum atomic E-state index is 10.3. The Bertz CT molecular complexity index is 931. The summed E-state index contributed by atoms with van der Waals surface area (Å²) in [6.07, 6.45) is -0.980. The highest BCUT2D eigenvalue weighted by Gasteiger charge is 2.29. The van der Waals surface area contributed by atoms with Crippen LogP contribution in [0.5, 0.6) is 5.75 Å². The number of aliphatic hydroxyl groups excluding tert-OH is 1. The van der Waals surface area contributed by atoms with E-state index in [9.17, 15) is 5.11 Å². The van der Waals surface area contributed by atoms with Crippen molar-refractivity contribution >= 4 is 21.6 Å². The normalized spacial score (nSPS) is 18.4. The summed E-state index contributed by atoms with van der Waals surface area (Å²) < 4.78 is 12.5. The minimum Gasteiger partial charge on any atom is -0.472 e. The Hall–Kier alpha value is -2.00. The average molecular weight is 403 g/mol. The fraction of sp³-hybridized carbons (Fsp3) is 0.500. The first kappa shape index (κ1) is 19.3. The van der Waals surface area contributed by atoms with E-state index in [1.54, 1.807) is 18.3 Å². The minimum absolute atomic E-state index is 0.381. The van der Waals surface area contributed by atoms with Crippen molar-refractivity contribution in [3.63, 3.8) is 0 Å². The Balaban J connectivity index is 1.39. The molecule has 28 heavy (non-hydrogen) atoms. The molecular formula is C20H26N4O3S. The van der Waals surface area contributed by atoms with Crippen molar-refractivity contribution in [1.82, 2.24) is 19.9 Å². The molecule has 0 radical (unpaired) electrons. The quantitative estimate of drug-likeness (QED) is 0.679. The zero-order valence-corrected chi connectivity index (χ0v) is 17.3. The van der Waals surface area contributed by atoms with E-state index in [-0.39, 0.29) is 6.23 Å². The molecule has 8 heteroatoms. The van der Waals surface area contributed by atoms with Crippen LogP contribution in [0.3, 0.4) is 0 Å². The van der Waals surface area contributed by atoms with Gasteiger partial charge in [-0.3, -0.25) is 9.80 Å². The lowest BCUT2D eigenvalue weighted by molar-refractivity contribution is -0.0752. The second-order valence-corrected chi connectivity index (χ2v) is 8.59. The van der Waals surface area contributed by atoms with Crippen LogP contribution < -0.4 is 4.74 Å². The molecule has 150 valence electrons. The molecule has 0 amide bonds. The maximum Gasteiger partial charge on any atom is 0.178 e. The average Bonchev–Trinajstić information content (AvgIpc) is 3.24. The molecule has 0 bridgehead atoms. The third kappa shape index (κ3) is 4.35. The zero-order chi connectivity index (χ0) is 19.7. The Kier molecular flexibility index (Phi) is 5.63. The van der Waals surface area contributed by atoms with E-state index >= 15 is 0 Å². The van der Waals surface area contributed by atoms with Crippen LogP contribution in [-0.2, 0) is 6.54 Å². The summed E-state index contributed by atoms with van der Waals surface area (Å²) in [6.45, 7) is 9.90. The van der Waals surface area contributed by atoms with Gasteiger partial charge in [0.25, 0.3) is 0 Å². The molecule has 1 aromatic carbocycles. The van der Waals surface area contributed by atoms with E-state index in [1.165, 1.54) is 0 Å². The highest BCUT2D eigenvalue weighted by Crippen LogP contribution is 2.27. The van der Waals surface area contributed by atoms with E-state index in [1.807, 2.05) is 38.1 Å². The molecule has 1 fully saturated rings. The van der Waals surface area contributed by atoms with Crippen molar-refractivity contribution < 1.29 is 14.4 Å². The van der Waals surface area contributed by atoms with E-state index < -0.39 is 6.10 Å². The monoisotopic (exact) mass is 402 g/mol. The van der Waals surface area contributed by atoms with Crippen molar-refractivity contribution in [2.45, 2.75) is 39.6 Å². The van der Waals surface area contributed by atoms with Crippen molar-refractivity contribution in [2.24, 2.45) is 0 Å². The van der Waals surface area contributed by atoms with Crippen molar-refractivity contribution in [3.05, 3.63) is 40.7 Å². The Labute approximate surface area is 168 Å². The van der Waals surface area contributed by atoms with E-state index in [4.69, 9.17) is 9.26 Å². The van der Waals surface area contributed by atoms with Gasteiger partial charge >= 0.3 is 0 Å². The number of aliphatic hydroxyl groups is 1. The van der Waals surface area contributed by atoms with Gasteiger partial charge in [0.1, 0.15) is 17.6 Å². The number of hydrogen-bond donors (Lipinski definition) is 1. The molecule has 0 aliphatic carbocycles. The summed E-state index contributed by atoms with van der Waals surface area (Å²) in [6, 6.07) is 7.92. The summed E-state index contributed by atoms with van der Waals surface area (Å²) in [5, 5.41) is 15.4. The first-order valence-corrected chi connectivity index (χ1v) is 10.4. The third-order valence-corrected chi connectivity index (χ3v) is 5.92. The van der Waals surface area contributed by atoms with Crippen LogP contribution in [0.25, 0.3) is 10.2 Å². The van der Waals surface area contributed by atoms with Gasteiger partial charge in [0, 0.05) is 44.9 Å². The molecule has 0 spiro atoms. The molecule has 1 aliphatic rings. The maximum absolute atomic E-state index is 10.3. The van der Waals surface area contributed by atoms with E-state index in [0.717, 1.165) is 65.2 Å². The van der Waals surface area contributed by atoms with E-state index in [2.05, 4.69) is 19.9 Å². The number of thiazole rings is 1. The summed E-state index contributed by atoms with van der Waals surface area (Å²) in [4.78, 5) is 9.08. The van der Waals surface area contributed by atoms with Gasteiger partial charge in [-0.25, -0.2) is 4.98 Å². The van der Waals surface area contributed by atoms with Crippen LogP contribution in [-0.4, -0.2) is 63.6 Å². The molecular weight excluding hydrogens is 376 g/mol. The van der Waals surface area contributed by atoms with Gasteiger partial charge in [0.15, 0.2) is 6.23 Å². The van der Waals surface area contributed by atoms with Crippen molar-refractivity contribution in [2.75, 3.05) is 26.2 Å². The lowest BCUT2D eigenvalue weighted by atomic mass is 10.2. The van der Waals surface area contributed by atoms with Crippen molar-refractivity contribution in [1.29, 1.82) is 0 Å². The molecule has 2 atom stereocenters. The van der Waals surface area contributed by atoms with Crippen LogP contribution in [0.15, 0.2) is 28.8 Å². The first-order valence-electron chi connectivity index (χ1n) is 9.58. The third-order valence-electron chi connectivity index (χ3n) is 4.96. The number of benzene rings is 1. The van der Waals surface area contributed by atoms with Crippen LogP contribution >= 0.6 is 11.3 Å². The number of rotatable bonds is 6. The molecule has 4 rings (SSSR count). The predicted molar refractivity (Wildman–Crippen MR) is 109 cm³/mol. The van der Waals surface area contributed by atoms with Crippen LogP contribution in [0.2, 0.25) is 0 Å². The highest BCUT2D eigenvalue weighted by atomic mass is 32.1. The van der Waals surface area contributed by atoms with Crippen molar-refractivity contribution in [3.8, 4) is 5.75 Å². The standard InChI is InChI=1S/C20H26N4O3S/c1-13-10-16(22-27-13)12-23-6-8-24(9-7-23)20(14(2)25)26-17-4-5-19-18(11-17)21-15(3)28-19/h4-5,10-11,14,20,25H,6-9,12H2,1-3H3. The SMILES string of the molecule is Cc1cc(CN2CCN(C(Oc3ccc4sc(C)nc4c3)C(C)O)CC2)no1. The predicted octanol–water partition coefficient (Wildman–Crippen LogP) is 2.80. The second kappa shape index (κ2) is 8.16. The van der Waals surface area contributed by atoms with Gasteiger partial charge in [0.05, 0.1) is 20.9 Å². The fourth-order valence-electron chi connectivity index (χ4n) is 3.61. The molecule has 3 heterocycles. The van der Waals surface area contributed by atoms with Gasteiger partial charge in [-0.05, 0) is 32.9 Å². The Morgan fingerprint density at radius 3 is 2.68 bits per heavy atom. The zero-order valence-electron chi connectivity index (χ0n) is 16.5. The Morgan fingerprint density at radius 1 is 1.21 bits per heavy atom. The number of ether oxygens (including phenoxy) is 1. The molecule has 1 saturated heterocycles. The fourth-order valence-corrected chi connectivity index (χ4v) is 4.42. The molecule has 1 aliphatic heterocycles. The van der Waals surface area contributed by atoms with Gasteiger partial charge in [-0.15, -0.1) is 11.3 Å². The number of fused-ring (bicyclic) bond motifs is 1. The molecule has 1 N–H and O–H groups in total. The topological polar surface area (TPSA) is 74.9 Å².